The van der Waals surface area contributed by atoms with Crippen molar-refractivity contribution in [3.63, 3.8) is 0 Å². The molecule has 0 atom stereocenters. The number of hydrogen-bond donors (Lipinski definition) is 0. The largest absolute Gasteiger partial charge is 0.493 e. The van der Waals surface area contributed by atoms with Crippen LogP contribution in [-0.2, 0) is 0 Å². The van der Waals surface area contributed by atoms with Crippen LogP contribution in [0.1, 0.15) is 56.5 Å². The van der Waals surface area contributed by atoms with Crippen molar-refractivity contribution in [1.29, 1.82) is 0 Å². The SMILES string of the molecule is CC.CC(C)=Cc1c(C)ccc(C)c1F.COc1cc2c(C)ncnc2cc1OCCCBr. The van der Waals surface area contributed by atoms with E-state index in [2.05, 4.69) is 25.9 Å². The van der Waals surface area contributed by atoms with Crippen molar-refractivity contribution in [2.45, 2.75) is 54.9 Å². The number of alkyl halides is 1. The molecule has 0 aliphatic heterocycles. The molecule has 0 radical (unpaired) electrons. The molecular formula is C27H36BrFN2O2. The summed E-state index contributed by atoms with van der Waals surface area (Å²) < 4.78 is 24.6. The van der Waals surface area contributed by atoms with Crippen molar-refractivity contribution >= 4 is 32.9 Å². The lowest BCUT2D eigenvalue weighted by molar-refractivity contribution is 0.296. The number of benzene rings is 2. The summed E-state index contributed by atoms with van der Waals surface area (Å²) in [6.45, 7) is 14.3. The van der Waals surface area contributed by atoms with Crippen LogP contribution in [0.15, 0.2) is 36.2 Å². The Labute approximate surface area is 206 Å². The number of ether oxygens (including phenoxy) is 2. The molecule has 6 heteroatoms. The van der Waals surface area contributed by atoms with E-state index < -0.39 is 0 Å². The van der Waals surface area contributed by atoms with Crippen LogP contribution in [0.3, 0.4) is 0 Å². The Morgan fingerprint density at radius 2 is 1.70 bits per heavy atom. The van der Waals surface area contributed by atoms with Gasteiger partial charge in [0.1, 0.15) is 12.1 Å². The van der Waals surface area contributed by atoms with Crippen LogP contribution in [0.2, 0.25) is 0 Å². The molecule has 0 amide bonds. The zero-order chi connectivity index (χ0) is 25.0. The van der Waals surface area contributed by atoms with Crippen molar-refractivity contribution < 1.29 is 13.9 Å². The fourth-order valence-corrected chi connectivity index (χ4v) is 3.20. The van der Waals surface area contributed by atoms with E-state index in [1.807, 2.05) is 71.9 Å². The van der Waals surface area contributed by atoms with Crippen molar-refractivity contribution in [2.75, 3.05) is 19.0 Å². The molecule has 0 bridgehead atoms. The molecule has 0 aliphatic carbocycles. The van der Waals surface area contributed by atoms with Gasteiger partial charge in [0.2, 0.25) is 0 Å². The Balaban J connectivity index is 0.000000322. The van der Waals surface area contributed by atoms with Crippen molar-refractivity contribution in [2.24, 2.45) is 0 Å². The molecule has 0 saturated carbocycles. The molecule has 2 aromatic carbocycles. The molecule has 0 fully saturated rings. The van der Waals surface area contributed by atoms with Gasteiger partial charge in [-0.3, -0.25) is 0 Å². The molecular weight excluding hydrogens is 483 g/mol. The number of allylic oxidation sites excluding steroid dienone is 1. The zero-order valence-electron chi connectivity index (χ0n) is 21.1. The fraction of sp³-hybridized carbons (Fsp3) is 0.407. The number of nitrogens with zero attached hydrogens (tertiary/aromatic N) is 2. The summed E-state index contributed by atoms with van der Waals surface area (Å²) in [6.07, 6.45) is 4.40. The first kappa shape index (κ1) is 28.6. The number of aromatic nitrogens is 2. The maximum atomic E-state index is 13.6. The number of fused-ring (bicyclic) bond motifs is 1. The van der Waals surface area contributed by atoms with Crippen LogP contribution >= 0.6 is 15.9 Å². The topological polar surface area (TPSA) is 44.2 Å². The lowest BCUT2D eigenvalue weighted by atomic mass is 10.0. The van der Waals surface area contributed by atoms with E-state index >= 15 is 0 Å². The number of aryl methyl sites for hydroxylation is 3. The minimum Gasteiger partial charge on any atom is -0.493 e. The average molecular weight is 519 g/mol. The van der Waals surface area contributed by atoms with E-state index in [4.69, 9.17) is 9.47 Å². The maximum Gasteiger partial charge on any atom is 0.163 e. The summed E-state index contributed by atoms with van der Waals surface area (Å²) in [4.78, 5) is 8.42. The number of hydrogen-bond acceptors (Lipinski definition) is 4. The summed E-state index contributed by atoms with van der Waals surface area (Å²) in [5.41, 5.74) is 5.34. The van der Waals surface area contributed by atoms with Gasteiger partial charge in [0, 0.05) is 28.0 Å². The molecule has 180 valence electrons. The quantitative estimate of drug-likeness (QED) is 0.245. The summed E-state index contributed by atoms with van der Waals surface area (Å²) in [5.74, 6) is 1.35. The second-order valence-corrected chi connectivity index (χ2v) is 8.31. The fourth-order valence-electron chi connectivity index (χ4n) is 2.97. The van der Waals surface area contributed by atoms with Crippen LogP contribution in [0.5, 0.6) is 11.5 Å². The third-order valence-electron chi connectivity index (χ3n) is 4.68. The monoisotopic (exact) mass is 518 g/mol. The highest BCUT2D eigenvalue weighted by molar-refractivity contribution is 9.09. The highest BCUT2D eigenvalue weighted by Crippen LogP contribution is 2.32. The summed E-state index contributed by atoms with van der Waals surface area (Å²) in [6, 6.07) is 7.59. The molecule has 0 aliphatic rings. The van der Waals surface area contributed by atoms with Crippen molar-refractivity contribution in [3.05, 3.63) is 64.4 Å². The number of methoxy groups -OCH3 is 1. The van der Waals surface area contributed by atoms with E-state index in [9.17, 15) is 4.39 Å². The van der Waals surface area contributed by atoms with E-state index in [0.29, 0.717) is 12.2 Å². The number of rotatable bonds is 6. The molecule has 0 saturated heterocycles. The summed E-state index contributed by atoms with van der Waals surface area (Å²) in [5, 5.41) is 1.91. The first-order valence-electron chi connectivity index (χ1n) is 11.2. The predicted molar refractivity (Wildman–Crippen MR) is 141 cm³/mol. The Bertz CT molecular complexity index is 1060. The molecule has 4 nitrogen and oxygen atoms in total. The zero-order valence-corrected chi connectivity index (χ0v) is 22.6. The van der Waals surface area contributed by atoms with Gasteiger partial charge in [0.05, 0.1) is 19.2 Å². The molecule has 33 heavy (non-hydrogen) atoms. The standard InChI is InChI=1S/C13H15BrN2O2.C12H15F.C2H6/c1-9-10-6-12(17-2)13(18-5-3-4-14)7-11(10)16-8-15-9;1-8(2)7-11-9(3)5-6-10(4)12(11)13;1-2/h6-8H,3-5H2,1-2H3;5-7H,1-4H3;1-2H3. The third kappa shape index (κ3) is 8.43. The number of halogens is 2. The molecule has 0 spiro atoms. The summed E-state index contributed by atoms with van der Waals surface area (Å²) in [7, 11) is 1.64. The first-order valence-corrected chi connectivity index (χ1v) is 12.3. The normalized spacial score (nSPS) is 9.88. The van der Waals surface area contributed by atoms with Gasteiger partial charge < -0.3 is 9.47 Å². The molecule has 3 aromatic rings. The molecule has 0 unspecified atom stereocenters. The average Bonchev–Trinajstić information content (AvgIpc) is 2.81. The van der Waals surface area contributed by atoms with Crippen molar-refractivity contribution in [3.8, 4) is 11.5 Å². The first-order chi connectivity index (χ1) is 15.8. The highest BCUT2D eigenvalue weighted by atomic mass is 79.9. The maximum absolute atomic E-state index is 13.6. The van der Waals surface area contributed by atoms with Gasteiger partial charge in [0.15, 0.2) is 11.5 Å². The van der Waals surface area contributed by atoms with Gasteiger partial charge in [-0.25, -0.2) is 14.4 Å². The third-order valence-corrected chi connectivity index (χ3v) is 5.24. The van der Waals surface area contributed by atoms with Gasteiger partial charge in [-0.1, -0.05) is 53.6 Å². The van der Waals surface area contributed by atoms with Crippen LogP contribution in [-0.4, -0.2) is 29.0 Å². The minimum absolute atomic E-state index is 0.0961. The van der Waals surface area contributed by atoms with E-state index in [1.165, 1.54) is 0 Å². The molecule has 3 rings (SSSR count). The lowest BCUT2D eigenvalue weighted by Gasteiger charge is -2.11. The molecule has 1 aromatic heterocycles. The second-order valence-electron chi connectivity index (χ2n) is 7.52. The van der Waals surface area contributed by atoms with Crippen molar-refractivity contribution in [1.82, 2.24) is 9.97 Å². The second kappa shape index (κ2) is 14.6. The van der Waals surface area contributed by atoms with Gasteiger partial charge in [0.25, 0.3) is 0 Å². The minimum atomic E-state index is -0.0961. The van der Waals surface area contributed by atoms with Gasteiger partial charge in [-0.2, -0.15) is 0 Å². The van der Waals surface area contributed by atoms with Crippen LogP contribution < -0.4 is 9.47 Å². The Morgan fingerprint density at radius 1 is 1.03 bits per heavy atom. The molecule has 1 heterocycles. The summed E-state index contributed by atoms with van der Waals surface area (Å²) >= 11 is 3.38. The van der Waals surface area contributed by atoms with Crippen LogP contribution in [0.4, 0.5) is 4.39 Å². The predicted octanol–water partition coefficient (Wildman–Crippen LogP) is 8.00. The smallest absolute Gasteiger partial charge is 0.163 e. The van der Waals surface area contributed by atoms with E-state index in [1.54, 1.807) is 20.4 Å². The van der Waals surface area contributed by atoms with Gasteiger partial charge >= 0.3 is 0 Å². The lowest BCUT2D eigenvalue weighted by Crippen LogP contribution is -2.00. The Kier molecular flexibility index (Phi) is 12.7. The molecule has 0 N–H and O–H groups in total. The highest BCUT2D eigenvalue weighted by Gasteiger charge is 2.09. The Morgan fingerprint density at radius 3 is 2.30 bits per heavy atom. The van der Waals surface area contributed by atoms with E-state index in [0.717, 1.165) is 56.5 Å². The van der Waals surface area contributed by atoms with Crippen LogP contribution in [0, 0.1) is 26.6 Å². The van der Waals surface area contributed by atoms with Gasteiger partial charge in [-0.15, -0.1) is 0 Å². The van der Waals surface area contributed by atoms with Gasteiger partial charge in [-0.05, 0) is 58.2 Å². The Hall–Kier alpha value is -2.47. The van der Waals surface area contributed by atoms with E-state index in [-0.39, 0.29) is 5.82 Å². The van der Waals surface area contributed by atoms with Crippen LogP contribution in [0.25, 0.3) is 17.0 Å².